The molecule has 1 atom stereocenters. The molecule has 31 heavy (non-hydrogen) atoms. The molecule has 0 aromatic carbocycles. The highest BCUT2D eigenvalue weighted by Gasteiger charge is 2.44. The van der Waals surface area contributed by atoms with Crippen LogP contribution in [0.15, 0.2) is 12.2 Å². The van der Waals surface area contributed by atoms with Gasteiger partial charge in [-0.25, -0.2) is 4.79 Å². The van der Waals surface area contributed by atoms with E-state index in [-0.39, 0.29) is 30.2 Å². The van der Waals surface area contributed by atoms with Gasteiger partial charge in [0.15, 0.2) is 0 Å². The van der Waals surface area contributed by atoms with Crippen LogP contribution >= 0.6 is 0 Å². The highest BCUT2D eigenvalue weighted by Crippen LogP contribution is 2.37. The quantitative estimate of drug-likeness (QED) is 0.0917. The number of carbonyl (C=O) groups is 1. The van der Waals surface area contributed by atoms with E-state index in [1.165, 1.54) is 38.2 Å². The summed E-state index contributed by atoms with van der Waals surface area (Å²) in [6, 6.07) is 0. The number of rotatable bonds is 19. The zero-order valence-corrected chi connectivity index (χ0v) is 21.6. The molecule has 0 rings (SSSR count). The lowest BCUT2D eigenvalue weighted by molar-refractivity contribution is -0.433. The molecule has 0 fully saturated rings. The maximum atomic E-state index is 11.6. The molecular formula is C26H50O5. The minimum absolute atomic E-state index is 0.0305. The summed E-state index contributed by atoms with van der Waals surface area (Å²) in [4.78, 5) is 11.6. The van der Waals surface area contributed by atoms with Crippen LogP contribution in [0.3, 0.4) is 0 Å². The molecule has 0 aromatic heterocycles. The molecule has 0 amide bonds. The van der Waals surface area contributed by atoms with E-state index in [9.17, 15) is 4.79 Å². The minimum atomic E-state index is -1.09. The summed E-state index contributed by atoms with van der Waals surface area (Å²) in [5.41, 5.74) is 0. The molecular weight excluding hydrogens is 392 g/mol. The van der Waals surface area contributed by atoms with E-state index in [4.69, 9.17) is 18.9 Å². The molecule has 0 aliphatic rings. The van der Waals surface area contributed by atoms with Gasteiger partial charge in [-0.1, -0.05) is 51.5 Å². The predicted octanol–water partition coefficient (Wildman–Crippen LogP) is 7.18. The van der Waals surface area contributed by atoms with E-state index in [0.717, 1.165) is 25.7 Å². The van der Waals surface area contributed by atoms with Gasteiger partial charge in [-0.2, -0.15) is 0 Å². The molecule has 0 heterocycles. The van der Waals surface area contributed by atoms with Gasteiger partial charge in [-0.05, 0) is 67.7 Å². The molecule has 0 spiro atoms. The van der Waals surface area contributed by atoms with Crippen molar-refractivity contribution in [1.82, 2.24) is 0 Å². The lowest BCUT2D eigenvalue weighted by atomic mass is 9.92. The summed E-state index contributed by atoms with van der Waals surface area (Å²) in [5.74, 6) is -1.32. The average molecular weight is 443 g/mol. The summed E-state index contributed by atoms with van der Waals surface area (Å²) in [6.07, 6.45) is 13.0. The monoisotopic (exact) mass is 442 g/mol. The van der Waals surface area contributed by atoms with E-state index in [2.05, 4.69) is 6.92 Å². The van der Waals surface area contributed by atoms with Crippen molar-refractivity contribution in [3.63, 3.8) is 0 Å². The predicted molar refractivity (Wildman–Crippen MR) is 128 cm³/mol. The summed E-state index contributed by atoms with van der Waals surface area (Å²) in [5, 5.41) is 0. The summed E-state index contributed by atoms with van der Waals surface area (Å²) in [7, 11) is 0. The Balaban J connectivity index is 5.34. The number of unbranched alkanes of at least 4 members (excludes halogenated alkanes) is 5. The highest BCUT2D eigenvalue weighted by molar-refractivity contribution is 5.81. The van der Waals surface area contributed by atoms with Crippen LogP contribution in [0.2, 0.25) is 0 Å². The van der Waals surface area contributed by atoms with Crippen LogP contribution in [0.1, 0.15) is 113 Å². The van der Waals surface area contributed by atoms with Gasteiger partial charge >= 0.3 is 5.97 Å². The second-order valence-electron chi connectivity index (χ2n) is 9.17. The van der Waals surface area contributed by atoms with Gasteiger partial charge in [-0.15, -0.1) is 0 Å². The zero-order chi connectivity index (χ0) is 23.7. The van der Waals surface area contributed by atoms with Crippen LogP contribution in [0, 0.1) is 5.92 Å². The smallest absolute Gasteiger partial charge is 0.330 e. The first-order valence-corrected chi connectivity index (χ1v) is 12.5. The minimum Gasteiger partial charge on any atom is -0.463 e. The van der Waals surface area contributed by atoms with Gasteiger partial charge in [0.05, 0.1) is 24.9 Å². The molecule has 0 radical (unpaired) electrons. The van der Waals surface area contributed by atoms with Crippen LogP contribution in [0.25, 0.3) is 0 Å². The number of ether oxygens (including phenoxy) is 4. The van der Waals surface area contributed by atoms with E-state index in [1.807, 2.05) is 48.5 Å². The molecule has 184 valence electrons. The number of hydrogen-bond acceptors (Lipinski definition) is 5. The fourth-order valence-corrected chi connectivity index (χ4v) is 3.71. The van der Waals surface area contributed by atoms with Gasteiger partial charge in [0.1, 0.15) is 0 Å². The van der Waals surface area contributed by atoms with Crippen LogP contribution in [-0.4, -0.2) is 36.9 Å². The van der Waals surface area contributed by atoms with Crippen molar-refractivity contribution in [1.29, 1.82) is 0 Å². The Labute approximate surface area is 192 Å². The van der Waals surface area contributed by atoms with Crippen molar-refractivity contribution >= 4 is 5.97 Å². The number of hydrogen-bond donors (Lipinski definition) is 0. The first-order chi connectivity index (χ1) is 14.7. The van der Waals surface area contributed by atoms with Crippen LogP contribution in [0.4, 0.5) is 0 Å². The third-order valence-electron chi connectivity index (χ3n) is 4.85. The van der Waals surface area contributed by atoms with E-state index in [0.29, 0.717) is 6.61 Å². The van der Waals surface area contributed by atoms with Gasteiger partial charge in [0, 0.05) is 12.0 Å². The Hall–Kier alpha value is -0.910. The maximum Gasteiger partial charge on any atom is 0.330 e. The maximum absolute atomic E-state index is 11.6. The molecule has 0 saturated heterocycles. The highest BCUT2D eigenvalue weighted by atomic mass is 16.9. The molecule has 5 heteroatoms. The van der Waals surface area contributed by atoms with Gasteiger partial charge < -0.3 is 18.9 Å². The van der Waals surface area contributed by atoms with Gasteiger partial charge in [0.25, 0.3) is 5.97 Å². The van der Waals surface area contributed by atoms with Crippen LogP contribution in [-0.2, 0) is 23.7 Å². The lowest BCUT2D eigenvalue weighted by Crippen LogP contribution is -2.51. The van der Waals surface area contributed by atoms with Crippen molar-refractivity contribution < 1.29 is 23.7 Å². The topological polar surface area (TPSA) is 54.0 Å². The molecule has 0 N–H and O–H groups in total. The Morgan fingerprint density at radius 3 is 1.74 bits per heavy atom. The standard InChI is InChI=1S/C26H50O5/c1-9-11-12-13-14-15-18-24(19-16-20-28-25(27)17-10-2)26(29-21(3)4,30-22(5)6)31-23(7)8/h10,17,21-24H,9,11-16,18-20H2,1-8H3. The van der Waals surface area contributed by atoms with Crippen molar-refractivity contribution in [3.05, 3.63) is 12.2 Å². The SMILES string of the molecule is CC=CC(=O)OCCCC(CCCCCCCC)C(OC(C)C)(OC(C)C)OC(C)C. The first-order valence-electron chi connectivity index (χ1n) is 12.5. The lowest BCUT2D eigenvalue weighted by Gasteiger charge is -2.43. The second kappa shape index (κ2) is 17.6. The van der Waals surface area contributed by atoms with E-state index in [1.54, 1.807) is 6.08 Å². The third-order valence-corrected chi connectivity index (χ3v) is 4.85. The fourth-order valence-electron chi connectivity index (χ4n) is 3.71. The van der Waals surface area contributed by atoms with Gasteiger partial charge in [-0.3, -0.25) is 0 Å². The summed E-state index contributed by atoms with van der Waals surface area (Å²) in [6.45, 7) is 16.5. The normalized spacial score (nSPS) is 13.6. The number of carbonyl (C=O) groups excluding carboxylic acids is 1. The zero-order valence-electron chi connectivity index (χ0n) is 21.6. The Bertz CT molecular complexity index is 444. The van der Waals surface area contributed by atoms with E-state index >= 15 is 0 Å². The van der Waals surface area contributed by atoms with E-state index < -0.39 is 5.97 Å². The first kappa shape index (κ1) is 30.1. The molecule has 0 aromatic rings. The largest absolute Gasteiger partial charge is 0.463 e. The van der Waals surface area contributed by atoms with Crippen molar-refractivity contribution in [2.45, 2.75) is 137 Å². The third kappa shape index (κ3) is 14.7. The molecule has 0 bridgehead atoms. The van der Waals surface area contributed by atoms with Gasteiger partial charge in [0.2, 0.25) is 0 Å². The fraction of sp³-hybridized carbons (Fsp3) is 0.885. The molecule has 0 aliphatic heterocycles. The van der Waals surface area contributed by atoms with Crippen molar-refractivity contribution in [3.8, 4) is 0 Å². The van der Waals surface area contributed by atoms with Crippen LogP contribution in [0.5, 0.6) is 0 Å². The van der Waals surface area contributed by atoms with Crippen molar-refractivity contribution in [2.75, 3.05) is 6.61 Å². The molecule has 5 nitrogen and oxygen atoms in total. The molecule has 0 saturated carbocycles. The van der Waals surface area contributed by atoms with Crippen molar-refractivity contribution in [2.24, 2.45) is 5.92 Å². The average Bonchev–Trinajstić information content (AvgIpc) is 2.64. The summed E-state index contributed by atoms with van der Waals surface area (Å²) >= 11 is 0. The number of esters is 1. The summed E-state index contributed by atoms with van der Waals surface area (Å²) < 4.78 is 24.4. The Kier molecular flexibility index (Phi) is 17.1. The molecule has 1 unspecified atom stereocenters. The Morgan fingerprint density at radius 1 is 0.774 bits per heavy atom. The number of allylic oxidation sites excluding steroid dienone is 1. The molecule has 0 aliphatic carbocycles. The van der Waals surface area contributed by atoms with Crippen LogP contribution < -0.4 is 0 Å². The second-order valence-corrected chi connectivity index (χ2v) is 9.17. The Morgan fingerprint density at radius 2 is 1.26 bits per heavy atom.